The molecule has 0 radical (unpaired) electrons. The minimum Gasteiger partial charge on any atom is -0.371 e. The van der Waals surface area contributed by atoms with Gasteiger partial charge in [0.15, 0.2) is 0 Å². The molecular weight excluding hydrogens is 232 g/mol. The number of para-hydroxylation sites is 1. The van der Waals surface area contributed by atoms with Gasteiger partial charge >= 0.3 is 0 Å². The van der Waals surface area contributed by atoms with Crippen LogP contribution in [-0.4, -0.2) is 26.2 Å². The van der Waals surface area contributed by atoms with Crippen LogP contribution in [0.5, 0.6) is 0 Å². The fourth-order valence-corrected chi connectivity index (χ4v) is 3.02. The Morgan fingerprint density at radius 3 is 2.89 bits per heavy atom. The standard InChI is InChI=1S/C17H28N2/c1-3-18-11-7-4-8-12-19-14-15(2)13-16-9-5-6-10-17(16)19/h5-6,9-10,15,18H,3-4,7-8,11-14H2,1-2H3. The lowest BCUT2D eigenvalue weighted by Gasteiger charge is -2.35. The van der Waals surface area contributed by atoms with Crippen molar-refractivity contribution >= 4 is 5.69 Å². The van der Waals surface area contributed by atoms with E-state index in [0.717, 1.165) is 12.5 Å². The van der Waals surface area contributed by atoms with Crippen molar-refractivity contribution in [2.75, 3.05) is 31.1 Å². The monoisotopic (exact) mass is 260 g/mol. The molecule has 0 fully saturated rings. The van der Waals surface area contributed by atoms with Crippen LogP contribution in [0.25, 0.3) is 0 Å². The number of hydrogen-bond acceptors (Lipinski definition) is 2. The van der Waals surface area contributed by atoms with Crippen molar-refractivity contribution < 1.29 is 0 Å². The molecule has 2 rings (SSSR count). The first-order chi connectivity index (χ1) is 9.31. The highest BCUT2D eigenvalue weighted by Crippen LogP contribution is 2.29. The molecule has 2 nitrogen and oxygen atoms in total. The lowest BCUT2D eigenvalue weighted by atomic mass is 9.94. The van der Waals surface area contributed by atoms with E-state index in [1.807, 2.05) is 0 Å². The van der Waals surface area contributed by atoms with Gasteiger partial charge in [0.2, 0.25) is 0 Å². The third-order valence-corrected chi connectivity index (χ3v) is 3.96. The Bertz CT molecular complexity index is 375. The lowest BCUT2D eigenvalue weighted by molar-refractivity contribution is 0.517. The molecule has 1 atom stereocenters. The maximum atomic E-state index is 3.40. The Labute approximate surface area is 118 Å². The van der Waals surface area contributed by atoms with Gasteiger partial charge in [-0.2, -0.15) is 0 Å². The van der Waals surface area contributed by atoms with E-state index in [9.17, 15) is 0 Å². The third kappa shape index (κ3) is 4.24. The molecule has 0 aliphatic carbocycles. The van der Waals surface area contributed by atoms with Gasteiger partial charge in [0.25, 0.3) is 0 Å². The van der Waals surface area contributed by atoms with Gasteiger partial charge in [-0.05, 0) is 49.9 Å². The maximum Gasteiger partial charge on any atom is 0.0398 e. The number of anilines is 1. The Kier molecular flexibility index (Phi) is 5.71. The molecule has 19 heavy (non-hydrogen) atoms. The summed E-state index contributed by atoms with van der Waals surface area (Å²) in [6, 6.07) is 8.93. The summed E-state index contributed by atoms with van der Waals surface area (Å²) in [5, 5.41) is 3.40. The molecule has 2 heteroatoms. The van der Waals surface area contributed by atoms with Gasteiger partial charge in [-0.3, -0.25) is 0 Å². The molecular formula is C17H28N2. The summed E-state index contributed by atoms with van der Waals surface area (Å²) >= 11 is 0. The zero-order valence-corrected chi connectivity index (χ0v) is 12.5. The predicted molar refractivity (Wildman–Crippen MR) is 83.9 cm³/mol. The first kappa shape index (κ1) is 14.4. The van der Waals surface area contributed by atoms with Crippen LogP contribution in [0.4, 0.5) is 5.69 Å². The average molecular weight is 260 g/mol. The molecule has 1 aromatic carbocycles. The van der Waals surface area contributed by atoms with Gasteiger partial charge in [-0.15, -0.1) is 0 Å². The van der Waals surface area contributed by atoms with E-state index in [-0.39, 0.29) is 0 Å². The topological polar surface area (TPSA) is 15.3 Å². The van der Waals surface area contributed by atoms with Crippen molar-refractivity contribution in [3.05, 3.63) is 29.8 Å². The van der Waals surface area contributed by atoms with Gasteiger partial charge in [0.05, 0.1) is 0 Å². The molecule has 0 amide bonds. The maximum absolute atomic E-state index is 3.40. The lowest BCUT2D eigenvalue weighted by Crippen LogP contribution is -2.35. The molecule has 1 heterocycles. The highest BCUT2D eigenvalue weighted by Gasteiger charge is 2.20. The van der Waals surface area contributed by atoms with Gasteiger partial charge in [0.1, 0.15) is 0 Å². The fraction of sp³-hybridized carbons (Fsp3) is 0.647. The van der Waals surface area contributed by atoms with E-state index in [0.29, 0.717) is 0 Å². The summed E-state index contributed by atoms with van der Waals surface area (Å²) < 4.78 is 0. The molecule has 106 valence electrons. The van der Waals surface area contributed by atoms with Crippen molar-refractivity contribution in [2.24, 2.45) is 5.92 Å². The van der Waals surface area contributed by atoms with E-state index < -0.39 is 0 Å². The number of nitrogens with one attached hydrogen (secondary N) is 1. The van der Waals surface area contributed by atoms with Crippen LogP contribution in [0, 0.1) is 5.92 Å². The predicted octanol–water partition coefficient (Wildman–Crippen LogP) is 3.47. The molecule has 0 bridgehead atoms. The molecule has 0 saturated carbocycles. The normalized spacial score (nSPS) is 18.4. The molecule has 0 spiro atoms. The largest absolute Gasteiger partial charge is 0.371 e. The second-order valence-electron chi connectivity index (χ2n) is 5.80. The van der Waals surface area contributed by atoms with Crippen LogP contribution in [0.3, 0.4) is 0 Å². The molecule has 1 aliphatic heterocycles. The van der Waals surface area contributed by atoms with Gasteiger partial charge < -0.3 is 10.2 Å². The number of fused-ring (bicyclic) bond motifs is 1. The first-order valence-corrected chi connectivity index (χ1v) is 7.85. The summed E-state index contributed by atoms with van der Waals surface area (Å²) in [5.74, 6) is 0.789. The molecule has 0 aromatic heterocycles. The van der Waals surface area contributed by atoms with E-state index in [1.54, 1.807) is 0 Å². The SMILES string of the molecule is CCNCCCCCN1CC(C)Cc2ccccc21. The Morgan fingerprint density at radius 2 is 2.05 bits per heavy atom. The number of rotatable bonds is 7. The van der Waals surface area contributed by atoms with Crippen molar-refractivity contribution in [2.45, 2.75) is 39.5 Å². The zero-order valence-electron chi connectivity index (χ0n) is 12.5. The number of nitrogens with zero attached hydrogens (tertiary/aromatic N) is 1. The van der Waals surface area contributed by atoms with Crippen molar-refractivity contribution in [3.63, 3.8) is 0 Å². The molecule has 0 saturated heterocycles. The summed E-state index contributed by atoms with van der Waals surface area (Å²) in [5.41, 5.74) is 3.01. The van der Waals surface area contributed by atoms with E-state index in [4.69, 9.17) is 0 Å². The van der Waals surface area contributed by atoms with E-state index in [1.165, 1.54) is 56.6 Å². The van der Waals surface area contributed by atoms with Crippen molar-refractivity contribution in [1.82, 2.24) is 5.32 Å². The zero-order chi connectivity index (χ0) is 13.5. The van der Waals surface area contributed by atoms with Crippen LogP contribution >= 0.6 is 0 Å². The number of hydrogen-bond donors (Lipinski definition) is 1. The highest BCUT2D eigenvalue weighted by molar-refractivity contribution is 5.55. The summed E-state index contributed by atoms with van der Waals surface area (Å²) in [6.45, 7) is 9.25. The minimum atomic E-state index is 0.789. The Hall–Kier alpha value is -1.02. The van der Waals surface area contributed by atoms with Crippen LogP contribution < -0.4 is 10.2 Å². The van der Waals surface area contributed by atoms with Crippen molar-refractivity contribution in [1.29, 1.82) is 0 Å². The molecule has 1 aromatic rings. The van der Waals surface area contributed by atoms with Crippen LogP contribution in [0.1, 0.15) is 38.7 Å². The van der Waals surface area contributed by atoms with Crippen LogP contribution in [-0.2, 0) is 6.42 Å². The average Bonchev–Trinajstić information content (AvgIpc) is 2.42. The van der Waals surface area contributed by atoms with Gasteiger partial charge in [-0.1, -0.05) is 38.5 Å². The number of unbranched alkanes of at least 4 members (excludes halogenated alkanes) is 2. The van der Waals surface area contributed by atoms with Gasteiger partial charge in [0, 0.05) is 18.8 Å². The van der Waals surface area contributed by atoms with Crippen LogP contribution in [0.2, 0.25) is 0 Å². The highest BCUT2D eigenvalue weighted by atomic mass is 15.1. The smallest absolute Gasteiger partial charge is 0.0398 e. The van der Waals surface area contributed by atoms with E-state index >= 15 is 0 Å². The Morgan fingerprint density at radius 1 is 1.21 bits per heavy atom. The minimum absolute atomic E-state index is 0.789. The van der Waals surface area contributed by atoms with Crippen LogP contribution in [0.15, 0.2) is 24.3 Å². The van der Waals surface area contributed by atoms with Gasteiger partial charge in [-0.25, -0.2) is 0 Å². The first-order valence-electron chi connectivity index (χ1n) is 7.85. The quantitative estimate of drug-likeness (QED) is 0.755. The Balaban J connectivity index is 1.80. The second-order valence-corrected chi connectivity index (χ2v) is 5.80. The number of benzene rings is 1. The molecule has 1 N–H and O–H groups in total. The summed E-state index contributed by atoms with van der Waals surface area (Å²) in [7, 11) is 0. The molecule has 1 aliphatic rings. The second kappa shape index (κ2) is 7.54. The van der Waals surface area contributed by atoms with Crippen molar-refractivity contribution in [3.8, 4) is 0 Å². The summed E-state index contributed by atoms with van der Waals surface area (Å²) in [4.78, 5) is 2.59. The molecule has 1 unspecified atom stereocenters. The third-order valence-electron chi connectivity index (χ3n) is 3.96. The summed E-state index contributed by atoms with van der Waals surface area (Å²) in [6.07, 6.45) is 5.19. The fourth-order valence-electron chi connectivity index (χ4n) is 3.02. The van der Waals surface area contributed by atoms with E-state index in [2.05, 4.69) is 48.3 Å².